The molecule has 110 valence electrons. The number of rotatable bonds is 5. The van der Waals surface area contributed by atoms with Crippen LogP contribution in [-0.4, -0.2) is 42.6 Å². The lowest BCUT2D eigenvalue weighted by Gasteiger charge is -2.27. The number of nitrogen functional groups attached to an aromatic ring is 1. The minimum atomic E-state index is -0.206. The fourth-order valence-electron chi connectivity index (χ4n) is 1.88. The van der Waals surface area contributed by atoms with Crippen molar-refractivity contribution in [1.29, 1.82) is 0 Å². The number of hydrogen-bond donors (Lipinski definition) is 1. The number of carbonyl (C=O) groups excluding carboxylic acids is 1. The third-order valence-corrected chi connectivity index (χ3v) is 3.77. The lowest BCUT2D eigenvalue weighted by Crippen LogP contribution is -2.42. The van der Waals surface area contributed by atoms with E-state index >= 15 is 0 Å². The van der Waals surface area contributed by atoms with E-state index in [1.807, 2.05) is 16.7 Å². The standard InChI is InChI=1S/C11H17N5O3S/c1-2-19-15(8-17)10-7-9(13-11(12)16(10)18)14-3-5-20-6-4-14/h7-8H,2-6H2,1H3,(H2,12,13). The highest BCUT2D eigenvalue weighted by Crippen LogP contribution is 2.21. The molecule has 2 heterocycles. The number of nitrogens with zero attached hydrogens (tertiary/aromatic N) is 4. The number of aromatic nitrogens is 2. The van der Waals surface area contributed by atoms with E-state index in [1.165, 1.54) is 6.07 Å². The summed E-state index contributed by atoms with van der Waals surface area (Å²) in [5.74, 6) is 2.37. The van der Waals surface area contributed by atoms with Crippen molar-refractivity contribution in [3.63, 3.8) is 0 Å². The summed E-state index contributed by atoms with van der Waals surface area (Å²) in [5, 5.41) is 12.8. The van der Waals surface area contributed by atoms with Crippen molar-refractivity contribution in [2.24, 2.45) is 0 Å². The Kier molecular flexibility index (Phi) is 4.85. The summed E-state index contributed by atoms with van der Waals surface area (Å²) >= 11 is 1.86. The molecule has 0 radical (unpaired) electrons. The number of anilines is 3. The fourth-order valence-corrected chi connectivity index (χ4v) is 2.79. The Morgan fingerprint density at radius 3 is 2.95 bits per heavy atom. The van der Waals surface area contributed by atoms with Crippen molar-refractivity contribution in [1.82, 2.24) is 4.98 Å². The molecular formula is C11H17N5O3S. The smallest absolute Gasteiger partial charge is 0.346 e. The first-order valence-electron chi connectivity index (χ1n) is 6.27. The van der Waals surface area contributed by atoms with Crippen LogP contribution in [0.4, 0.5) is 17.6 Å². The van der Waals surface area contributed by atoms with Crippen molar-refractivity contribution >= 4 is 35.8 Å². The Labute approximate surface area is 121 Å². The highest BCUT2D eigenvalue weighted by molar-refractivity contribution is 7.99. The summed E-state index contributed by atoms with van der Waals surface area (Å²) in [5.41, 5.74) is 5.63. The Morgan fingerprint density at radius 1 is 1.65 bits per heavy atom. The normalized spacial score (nSPS) is 15.2. The molecule has 1 aliphatic rings. The lowest BCUT2D eigenvalue weighted by atomic mass is 10.4. The predicted octanol–water partition coefficient (Wildman–Crippen LogP) is -0.235. The molecule has 1 saturated heterocycles. The Hall–Kier alpha value is -1.74. The second-order valence-electron chi connectivity index (χ2n) is 4.07. The molecular weight excluding hydrogens is 282 g/mol. The van der Waals surface area contributed by atoms with E-state index < -0.39 is 0 Å². The van der Waals surface area contributed by atoms with Crippen molar-refractivity contribution in [3.05, 3.63) is 11.3 Å². The van der Waals surface area contributed by atoms with Crippen LogP contribution in [0.25, 0.3) is 0 Å². The van der Waals surface area contributed by atoms with Crippen LogP contribution in [0.2, 0.25) is 0 Å². The molecule has 0 atom stereocenters. The first-order chi connectivity index (χ1) is 9.67. The summed E-state index contributed by atoms with van der Waals surface area (Å²) in [6.07, 6.45) is 0.433. The summed E-state index contributed by atoms with van der Waals surface area (Å²) < 4.78 is 0.381. The predicted molar refractivity (Wildman–Crippen MR) is 77.3 cm³/mol. The number of hydrogen-bond acceptors (Lipinski definition) is 7. The van der Waals surface area contributed by atoms with Crippen LogP contribution >= 0.6 is 11.8 Å². The van der Waals surface area contributed by atoms with Crippen LogP contribution in [0.5, 0.6) is 0 Å². The molecule has 8 nitrogen and oxygen atoms in total. The SMILES string of the molecule is CCON(C=O)c1cc(N2CCSCC2)nc(N)[n+]1[O-]. The van der Waals surface area contributed by atoms with Crippen molar-refractivity contribution in [2.45, 2.75) is 6.92 Å². The minimum absolute atomic E-state index is 0.0163. The largest absolute Gasteiger partial charge is 0.754 e. The molecule has 0 spiro atoms. The second kappa shape index (κ2) is 6.62. The van der Waals surface area contributed by atoms with Gasteiger partial charge in [-0.05, 0) is 6.92 Å². The van der Waals surface area contributed by atoms with Crippen LogP contribution in [-0.2, 0) is 9.63 Å². The molecule has 9 heteroatoms. The Morgan fingerprint density at radius 2 is 2.35 bits per heavy atom. The van der Waals surface area contributed by atoms with Gasteiger partial charge in [0, 0.05) is 24.6 Å². The highest BCUT2D eigenvalue weighted by atomic mass is 32.2. The van der Waals surface area contributed by atoms with Gasteiger partial charge in [-0.1, -0.05) is 4.98 Å². The quantitative estimate of drug-likeness (QED) is 0.347. The van der Waals surface area contributed by atoms with Gasteiger partial charge in [0.25, 0.3) is 6.41 Å². The van der Waals surface area contributed by atoms with E-state index in [-0.39, 0.29) is 18.4 Å². The van der Waals surface area contributed by atoms with Crippen LogP contribution in [0, 0.1) is 5.21 Å². The van der Waals surface area contributed by atoms with Gasteiger partial charge in [-0.25, -0.2) is 9.57 Å². The lowest BCUT2D eigenvalue weighted by molar-refractivity contribution is -0.580. The third kappa shape index (κ3) is 3.05. The van der Waals surface area contributed by atoms with Crippen LogP contribution in [0.15, 0.2) is 6.07 Å². The molecule has 2 N–H and O–H groups in total. The maximum absolute atomic E-state index is 11.9. The topological polar surface area (TPSA) is 98.6 Å². The van der Waals surface area contributed by atoms with Crippen LogP contribution in [0.1, 0.15) is 6.92 Å². The van der Waals surface area contributed by atoms with E-state index in [0.717, 1.165) is 29.7 Å². The summed E-state index contributed by atoms with van der Waals surface area (Å²) in [7, 11) is 0. The van der Waals surface area contributed by atoms with Gasteiger partial charge in [0.1, 0.15) is 0 Å². The van der Waals surface area contributed by atoms with Gasteiger partial charge in [0.15, 0.2) is 5.82 Å². The molecule has 1 fully saturated rings. The molecule has 1 aromatic heterocycles. The van der Waals surface area contributed by atoms with Crippen molar-refractivity contribution < 1.29 is 14.4 Å². The van der Waals surface area contributed by atoms with Crippen LogP contribution < -0.4 is 20.4 Å². The summed E-state index contributed by atoms with van der Waals surface area (Å²) in [6, 6.07) is 1.52. The van der Waals surface area contributed by atoms with Gasteiger partial charge >= 0.3 is 5.95 Å². The first-order valence-corrected chi connectivity index (χ1v) is 7.43. The minimum Gasteiger partial charge on any atom is -0.754 e. The number of carbonyl (C=O) groups is 1. The zero-order chi connectivity index (χ0) is 14.5. The van der Waals surface area contributed by atoms with Crippen LogP contribution in [0.3, 0.4) is 0 Å². The third-order valence-electron chi connectivity index (χ3n) is 2.83. The summed E-state index contributed by atoms with van der Waals surface area (Å²) in [6.45, 7) is 3.64. The maximum atomic E-state index is 11.9. The van der Waals surface area contributed by atoms with Crippen molar-refractivity contribution in [2.75, 3.05) is 46.9 Å². The van der Waals surface area contributed by atoms with E-state index in [0.29, 0.717) is 17.0 Å². The zero-order valence-electron chi connectivity index (χ0n) is 11.2. The van der Waals surface area contributed by atoms with Crippen molar-refractivity contribution in [3.8, 4) is 0 Å². The Balaban J connectivity index is 2.35. The molecule has 2 rings (SSSR count). The molecule has 0 saturated carbocycles. The van der Waals surface area contributed by atoms with E-state index in [2.05, 4.69) is 4.98 Å². The molecule has 1 aromatic rings. The molecule has 1 aliphatic heterocycles. The number of amides is 1. The summed E-state index contributed by atoms with van der Waals surface area (Å²) in [4.78, 5) is 22.2. The molecule has 0 bridgehead atoms. The average molecular weight is 299 g/mol. The average Bonchev–Trinajstić information content (AvgIpc) is 2.48. The molecule has 20 heavy (non-hydrogen) atoms. The van der Waals surface area contributed by atoms with Gasteiger partial charge in [-0.3, -0.25) is 4.79 Å². The number of hydroxylamine groups is 1. The maximum Gasteiger partial charge on any atom is 0.346 e. The van der Waals surface area contributed by atoms with Gasteiger partial charge < -0.3 is 15.8 Å². The molecule has 0 unspecified atom stereocenters. The second-order valence-corrected chi connectivity index (χ2v) is 5.30. The monoisotopic (exact) mass is 299 g/mol. The first kappa shape index (κ1) is 14.7. The van der Waals surface area contributed by atoms with Gasteiger partial charge in [0.05, 0.1) is 12.7 Å². The van der Waals surface area contributed by atoms with Gasteiger partial charge in [0.2, 0.25) is 5.82 Å². The number of thioether (sulfide) groups is 1. The fraction of sp³-hybridized carbons (Fsp3) is 0.545. The van der Waals surface area contributed by atoms with Gasteiger partial charge in [-0.2, -0.15) is 11.8 Å². The van der Waals surface area contributed by atoms with E-state index in [9.17, 15) is 10.0 Å². The zero-order valence-corrected chi connectivity index (χ0v) is 12.0. The van der Waals surface area contributed by atoms with Gasteiger partial charge in [-0.15, -0.1) is 5.06 Å². The molecule has 0 aromatic carbocycles. The Bertz CT molecular complexity index is 481. The number of nitrogens with two attached hydrogens (primary N) is 1. The van der Waals surface area contributed by atoms with E-state index in [4.69, 9.17) is 10.6 Å². The highest BCUT2D eigenvalue weighted by Gasteiger charge is 2.22. The molecule has 0 aliphatic carbocycles. The molecule has 1 amide bonds. The van der Waals surface area contributed by atoms with E-state index in [1.54, 1.807) is 6.92 Å².